The van der Waals surface area contributed by atoms with Crippen LogP contribution in [0.1, 0.15) is 0 Å². The van der Waals surface area contributed by atoms with Crippen LogP contribution in [0.4, 0.5) is 16.5 Å². The molecule has 0 fully saturated rings. The number of nitrogens with zero attached hydrogens (tertiary/aromatic N) is 2. The molecule has 2 aromatic carbocycles. The molecule has 1 aliphatic rings. The van der Waals surface area contributed by atoms with Gasteiger partial charge in [0.25, 0.3) is 5.69 Å². The van der Waals surface area contributed by atoms with Gasteiger partial charge in [0, 0.05) is 34.8 Å². The molecule has 120 valence electrons. The van der Waals surface area contributed by atoms with Gasteiger partial charge in [-0.2, -0.15) is 0 Å². The molecule has 0 bridgehead atoms. The molecule has 7 nitrogen and oxygen atoms in total. The van der Waals surface area contributed by atoms with Gasteiger partial charge in [0.2, 0.25) is 6.79 Å². The van der Waals surface area contributed by atoms with Crippen LogP contribution in [-0.2, 0) is 0 Å². The summed E-state index contributed by atoms with van der Waals surface area (Å²) >= 11 is 1.42. The van der Waals surface area contributed by atoms with Crippen LogP contribution in [0.2, 0.25) is 0 Å². The van der Waals surface area contributed by atoms with E-state index in [2.05, 4.69) is 10.3 Å². The van der Waals surface area contributed by atoms with E-state index < -0.39 is 4.92 Å². The van der Waals surface area contributed by atoms with Crippen molar-refractivity contribution in [3.8, 4) is 22.8 Å². The molecule has 0 saturated heterocycles. The molecule has 0 saturated carbocycles. The largest absolute Gasteiger partial charge is 0.454 e. The molecule has 8 heteroatoms. The van der Waals surface area contributed by atoms with E-state index in [9.17, 15) is 10.1 Å². The topological polar surface area (TPSA) is 86.5 Å². The second-order valence-corrected chi connectivity index (χ2v) is 5.90. The first-order valence-corrected chi connectivity index (χ1v) is 7.94. The highest BCUT2D eigenvalue weighted by molar-refractivity contribution is 7.14. The summed E-state index contributed by atoms with van der Waals surface area (Å²) in [5.74, 6) is 1.41. The van der Waals surface area contributed by atoms with Gasteiger partial charge < -0.3 is 14.8 Å². The van der Waals surface area contributed by atoms with Crippen molar-refractivity contribution in [3.05, 3.63) is 58.0 Å². The van der Waals surface area contributed by atoms with Crippen molar-refractivity contribution in [3.63, 3.8) is 0 Å². The molecule has 1 N–H and O–H groups in total. The Morgan fingerprint density at radius 2 is 2.04 bits per heavy atom. The van der Waals surface area contributed by atoms with Crippen LogP contribution in [0, 0.1) is 10.1 Å². The van der Waals surface area contributed by atoms with E-state index in [4.69, 9.17) is 9.47 Å². The van der Waals surface area contributed by atoms with Gasteiger partial charge in [-0.25, -0.2) is 4.98 Å². The Labute approximate surface area is 140 Å². The lowest BCUT2D eigenvalue weighted by Crippen LogP contribution is -1.93. The van der Waals surface area contributed by atoms with Crippen LogP contribution < -0.4 is 14.8 Å². The SMILES string of the molecule is O=[N+]([O-])c1cccc(-c2csc(Nc3ccc4c(c3)OCO4)n2)c1. The Morgan fingerprint density at radius 1 is 1.17 bits per heavy atom. The number of anilines is 2. The number of ether oxygens (including phenoxy) is 2. The summed E-state index contributed by atoms with van der Waals surface area (Å²) in [7, 11) is 0. The van der Waals surface area contributed by atoms with Crippen molar-refractivity contribution in [2.75, 3.05) is 12.1 Å². The number of benzene rings is 2. The minimum Gasteiger partial charge on any atom is -0.454 e. The van der Waals surface area contributed by atoms with Crippen molar-refractivity contribution in [1.29, 1.82) is 0 Å². The van der Waals surface area contributed by atoms with Gasteiger partial charge in [-0.3, -0.25) is 10.1 Å². The number of hydrogen-bond donors (Lipinski definition) is 1. The van der Waals surface area contributed by atoms with Crippen LogP contribution >= 0.6 is 11.3 Å². The number of nitro groups is 1. The fourth-order valence-corrected chi connectivity index (χ4v) is 3.08. The number of nitro benzene ring substituents is 1. The molecular weight excluding hydrogens is 330 g/mol. The van der Waals surface area contributed by atoms with Crippen LogP contribution in [0.5, 0.6) is 11.5 Å². The quantitative estimate of drug-likeness (QED) is 0.565. The number of fused-ring (bicyclic) bond motifs is 1. The minimum atomic E-state index is -0.415. The molecule has 0 unspecified atom stereocenters. The Bertz CT molecular complexity index is 925. The van der Waals surface area contributed by atoms with Crippen LogP contribution in [0.3, 0.4) is 0 Å². The maximum atomic E-state index is 10.9. The molecule has 0 spiro atoms. The standard InChI is InChI=1S/C16H11N3O4S/c20-19(21)12-3-1-2-10(6-12)13-8-24-16(18-13)17-11-4-5-14-15(7-11)23-9-22-14/h1-8H,9H2,(H,17,18). The minimum absolute atomic E-state index is 0.0470. The van der Waals surface area contributed by atoms with E-state index >= 15 is 0 Å². The van der Waals surface area contributed by atoms with Crippen molar-refractivity contribution in [2.45, 2.75) is 0 Å². The summed E-state index contributed by atoms with van der Waals surface area (Å²) < 4.78 is 10.6. The number of aromatic nitrogens is 1. The first-order valence-electron chi connectivity index (χ1n) is 7.06. The second-order valence-electron chi connectivity index (χ2n) is 5.04. The van der Waals surface area contributed by atoms with Gasteiger partial charge in [0.1, 0.15) is 0 Å². The number of nitrogens with one attached hydrogen (secondary N) is 1. The third-order valence-corrected chi connectivity index (χ3v) is 4.24. The molecule has 2 heterocycles. The molecule has 24 heavy (non-hydrogen) atoms. The lowest BCUT2D eigenvalue weighted by molar-refractivity contribution is -0.384. The average Bonchev–Trinajstić information content (AvgIpc) is 3.24. The van der Waals surface area contributed by atoms with E-state index in [0.717, 1.165) is 11.4 Å². The number of non-ortho nitro benzene ring substituents is 1. The summed E-state index contributed by atoms with van der Waals surface area (Å²) in [6, 6.07) is 12.0. The van der Waals surface area contributed by atoms with Gasteiger partial charge in [-0.15, -0.1) is 11.3 Å². The fourth-order valence-electron chi connectivity index (χ4n) is 2.34. The van der Waals surface area contributed by atoms with E-state index in [1.54, 1.807) is 12.1 Å². The summed E-state index contributed by atoms with van der Waals surface area (Å²) in [4.78, 5) is 14.9. The van der Waals surface area contributed by atoms with Gasteiger partial charge >= 0.3 is 0 Å². The molecule has 0 atom stereocenters. The van der Waals surface area contributed by atoms with Gasteiger partial charge in [-0.05, 0) is 12.1 Å². The highest BCUT2D eigenvalue weighted by atomic mass is 32.1. The van der Waals surface area contributed by atoms with E-state index in [1.807, 2.05) is 23.6 Å². The molecule has 3 aromatic rings. The zero-order chi connectivity index (χ0) is 16.5. The van der Waals surface area contributed by atoms with Crippen LogP contribution in [0.25, 0.3) is 11.3 Å². The molecule has 0 aliphatic carbocycles. The molecule has 0 amide bonds. The summed E-state index contributed by atoms with van der Waals surface area (Å²) in [6.07, 6.45) is 0. The summed E-state index contributed by atoms with van der Waals surface area (Å²) in [5.41, 5.74) is 2.27. The average molecular weight is 341 g/mol. The second kappa shape index (κ2) is 5.82. The lowest BCUT2D eigenvalue weighted by atomic mass is 10.1. The Kier molecular flexibility index (Phi) is 3.51. The highest BCUT2D eigenvalue weighted by Gasteiger charge is 2.14. The number of thiazole rings is 1. The maximum absolute atomic E-state index is 10.9. The lowest BCUT2D eigenvalue weighted by Gasteiger charge is -2.03. The molecular formula is C16H11N3O4S. The summed E-state index contributed by atoms with van der Waals surface area (Å²) in [5, 5.41) is 16.6. The first kappa shape index (κ1) is 14.5. The number of hydrogen-bond acceptors (Lipinski definition) is 7. The van der Waals surface area contributed by atoms with E-state index in [1.165, 1.54) is 23.5 Å². The highest BCUT2D eigenvalue weighted by Crippen LogP contribution is 2.36. The Morgan fingerprint density at radius 3 is 2.92 bits per heavy atom. The van der Waals surface area contributed by atoms with Crippen molar-refractivity contribution in [1.82, 2.24) is 4.98 Å². The molecule has 1 aromatic heterocycles. The van der Waals surface area contributed by atoms with Gasteiger partial charge in [-0.1, -0.05) is 12.1 Å². The normalized spacial score (nSPS) is 12.2. The third-order valence-electron chi connectivity index (χ3n) is 3.48. The van der Waals surface area contributed by atoms with Crippen LogP contribution in [0.15, 0.2) is 47.8 Å². The molecule has 1 aliphatic heterocycles. The smallest absolute Gasteiger partial charge is 0.270 e. The zero-order valence-electron chi connectivity index (χ0n) is 12.3. The van der Waals surface area contributed by atoms with Crippen molar-refractivity contribution >= 4 is 27.8 Å². The zero-order valence-corrected chi connectivity index (χ0v) is 13.1. The van der Waals surface area contributed by atoms with Crippen molar-refractivity contribution in [2.24, 2.45) is 0 Å². The molecule has 0 radical (unpaired) electrons. The Balaban J connectivity index is 1.57. The van der Waals surface area contributed by atoms with Crippen LogP contribution in [-0.4, -0.2) is 16.7 Å². The van der Waals surface area contributed by atoms with Gasteiger partial charge in [0.05, 0.1) is 10.6 Å². The number of rotatable bonds is 4. The predicted octanol–water partition coefficient (Wildman–Crippen LogP) is 4.19. The maximum Gasteiger partial charge on any atom is 0.270 e. The van der Waals surface area contributed by atoms with E-state index in [-0.39, 0.29) is 12.5 Å². The van der Waals surface area contributed by atoms with Crippen molar-refractivity contribution < 1.29 is 14.4 Å². The third kappa shape index (κ3) is 2.74. The Hall–Kier alpha value is -3.13. The predicted molar refractivity (Wildman–Crippen MR) is 90.1 cm³/mol. The first-order chi connectivity index (χ1) is 11.7. The van der Waals surface area contributed by atoms with E-state index in [0.29, 0.717) is 22.1 Å². The van der Waals surface area contributed by atoms with Gasteiger partial charge in [0.15, 0.2) is 16.6 Å². The summed E-state index contributed by atoms with van der Waals surface area (Å²) in [6.45, 7) is 0.229. The molecule has 4 rings (SSSR count). The monoisotopic (exact) mass is 341 g/mol. The fraction of sp³-hybridized carbons (Fsp3) is 0.0625.